The summed E-state index contributed by atoms with van der Waals surface area (Å²) in [5.41, 5.74) is 1.03. The van der Waals surface area contributed by atoms with Crippen LogP contribution in [0.15, 0.2) is 55.4 Å². The number of methoxy groups -OCH3 is 1. The molecule has 2 aromatic heterocycles. The number of hydrogen-bond acceptors (Lipinski definition) is 6. The van der Waals surface area contributed by atoms with E-state index in [1.54, 1.807) is 26.0 Å². The van der Waals surface area contributed by atoms with Crippen LogP contribution >= 0.6 is 0 Å². The zero-order chi connectivity index (χ0) is 20.1. The molecule has 29 heavy (non-hydrogen) atoms. The van der Waals surface area contributed by atoms with E-state index in [1.807, 2.05) is 41.1 Å². The maximum Gasteiger partial charge on any atom is 0.223 e. The number of nitrogens with one attached hydrogen (secondary N) is 1. The molecule has 0 radical (unpaired) electrons. The highest BCUT2D eigenvalue weighted by Gasteiger charge is 2.25. The van der Waals surface area contributed by atoms with E-state index in [0.717, 1.165) is 48.9 Å². The van der Waals surface area contributed by atoms with Crippen LogP contribution in [0.2, 0.25) is 0 Å². The number of piperidine rings is 1. The van der Waals surface area contributed by atoms with Gasteiger partial charge in [0.15, 0.2) is 0 Å². The maximum atomic E-state index is 12.6. The fourth-order valence-corrected chi connectivity index (χ4v) is 3.53. The van der Waals surface area contributed by atoms with Crippen LogP contribution in [0.25, 0.3) is 5.82 Å². The van der Waals surface area contributed by atoms with Crippen molar-refractivity contribution < 1.29 is 9.53 Å². The molecule has 1 N–H and O–H groups in total. The Labute approximate surface area is 169 Å². The van der Waals surface area contributed by atoms with Crippen LogP contribution in [0.3, 0.4) is 0 Å². The molecule has 0 spiro atoms. The van der Waals surface area contributed by atoms with Crippen molar-refractivity contribution in [2.45, 2.75) is 19.4 Å². The van der Waals surface area contributed by atoms with Crippen LogP contribution in [-0.2, 0) is 11.3 Å². The van der Waals surface area contributed by atoms with Crippen LogP contribution < -0.4 is 15.0 Å². The van der Waals surface area contributed by atoms with Crippen LogP contribution in [-0.4, -0.2) is 45.6 Å². The highest BCUT2D eigenvalue weighted by Crippen LogP contribution is 2.23. The van der Waals surface area contributed by atoms with E-state index < -0.39 is 0 Å². The molecule has 1 amide bonds. The van der Waals surface area contributed by atoms with Gasteiger partial charge < -0.3 is 15.0 Å². The summed E-state index contributed by atoms with van der Waals surface area (Å²) in [5, 5.41) is 3.05. The van der Waals surface area contributed by atoms with Gasteiger partial charge in [-0.2, -0.15) is 0 Å². The zero-order valence-corrected chi connectivity index (χ0v) is 16.4. The number of imidazole rings is 1. The van der Waals surface area contributed by atoms with Gasteiger partial charge in [0.05, 0.1) is 7.11 Å². The minimum Gasteiger partial charge on any atom is -0.497 e. The largest absolute Gasteiger partial charge is 0.497 e. The molecule has 3 aromatic rings. The number of rotatable bonds is 6. The number of amides is 1. The molecule has 0 saturated carbocycles. The lowest BCUT2D eigenvalue weighted by molar-refractivity contribution is -0.125. The van der Waals surface area contributed by atoms with Crippen LogP contribution in [0.1, 0.15) is 18.4 Å². The normalized spacial score (nSPS) is 14.6. The number of carbonyl (C=O) groups excluding carboxylic acids is 1. The average molecular weight is 392 g/mol. The summed E-state index contributed by atoms with van der Waals surface area (Å²) in [5.74, 6) is 2.58. The van der Waals surface area contributed by atoms with E-state index in [0.29, 0.717) is 6.54 Å². The van der Waals surface area contributed by atoms with Crippen molar-refractivity contribution in [1.82, 2.24) is 24.8 Å². The summed E-state index contributed by atoms with van der Waals surface area (Å²) < 4.78 is 7.08. The number of anilines is 1. The van der Waals surface area contributed by atoms with Gasteiger partial charge in [-0.15, -0.1) is 0 Å². The maximum absolute atomic E-state index is 12.6. The molecule has 0 atom stereocenters. The Hall–Kier alpha value is -3.42. The average Bonchev–Trinajstić information content (AvgIpc) is 3.33. The Balaban J connectivity index is 1.31. The van der Waals surface area contributed by atoms with Crippen LogP contribution in [0.4, 0.5) is 5.82 Å². The quantitative estimate of drug-likeness (QED) is 0.692. The molecule has 0 bridgehead atoms. The molecule has 1 aliphatic rings. The Morgan fingerprint density at radius 2 is 2.03 bits per heavy atom. The Kier molecular flexibility index (Phi) is 5.69. The van der Waals surface area contributed by atoms with Crippen molar-refractivity contribution in [3.8, 4) is 11.6 Å². The summed E-state index contributed by atoms with van der Waals surface area (Å²) in [7, 11) is 1.64. The molecular weight excluding hydrogens is 368 g/mol. The minimum atomic E-state index is 0.0202. The van der Waals surface area contributed by atoms with Crippen molar-refractivity contribution in [2.75, 3.05) is 25.1 Å². The second-order valence-electron chi connectivity index (χ2n) is 7.04. The lowest BCUT2D eigenvalue weighted by Gasteiger charge is -2.32. The van der Waals surface area contributed by atoms with Gasteiger partial charge in [-0.05, 0) is 30.5 Å². The van der Waals surface area contributed by atoms with Gasteiger partial charge in [-0.25, -0.2) is 15.0 Å². The topological polar surface area (TPSA) is 85.2 Å². The highest BCUT2D eigenvalue weighted by atomic mass is 16.5. The summed E-state index contributed by atoms with van der Waals surface area (Å²) in [6, 6.07) is 9.70. The first-order valence-corrected chi connectivity index (χ1v) is 9.69. The number of nitrogens with zero attached hydrogens (tertiary/aromatic N) is 5. The number of hydrogen-bond donors (Lipinski definition) is 1. The van der Waals surface area contributed by atoms with Crippen molar-refractivity contribution in [1.29, 1.82) is 0 Å². The van der Waals surface area contributed by atoms with Crippen molar-refractivity contribution in [2.24, 2.45) is 5.92 Å². The van der Waals surface area contributed by atoms with Crippen molar-refractivity contribution >= 4 is 11.7 Å². The SMILES string of the molecule is COc1cccc(CNC(=O)C2CCN(c3cc(-n4ccnc4)ncn3)CC2)c1. The summed E-state index contributed by atoms with van der Waals surface area (Å²) in [6.45, 7) is 2.09. The van der Waals surface area contributed by atoms with E-state index in [9.17, 15) is 4.79 Å². The van der Waals surface area contributed by atoms with Crippen molar-refractivity contribution in [3.63, 3.8) is 0 Å². The summed E-state index contributed by atoms with van der Waals surface area (Å²) in [6.07, 6.45) is 8.45. The molecule has 8 nitrogen and oxygen atoms in total. The second-order valence-corrected chi connectivity index (χ2v) is 7.04. The molecule has 3 heterocycles. The molecule has 8 heteroatoms. The predicted octanol–water partition coefficient (Wildman–Crippen LogP) is 2.20. The summed E-state index contributed by atoms with van der Waals surface area (Å²) in [4.78, 5) is 27.5. The third-order valence-corrected chi connectivity index (χ3v) is 5.20. The lowest BCUT2D eigenvalue weighted by atomic mass is 9.96. The molecule has 1 aliphatic heterocycles. The standard InChI is InChI=1S/C21H24N6O2/c1-29-18-4-2-3-16(11-18)13-23-21(28)17-5-8-26(9-6-17)19-12-20(25-14-24-19)27-10-7-22-15-27/h2-4,7,10-12,14-15,17H,5-6,8-9,13H2,1H3,(H,23,28). The minimum absolute atomic E-state index is 0.0202. The lowest BCUT2D eigenvalue weighted by Crippen LogP contribution is -2.40. The van der Waals surface area contributed by atoms with Gasteiger partial charge >= 0.3 is 0 Å². The van der Waals surface area contributed by atoms with E-state index in [-0.39, 0.29) is 11.8 Å². The number of aromatic nitrogens is 4. The van der Waals surface area contributed by atoms with Crippen LogP contribution in [0.5, 0.6) is 5.75 Å². The number of ether oxygens (including phenoxy) is 1. The third kappa shape index (κ3) is 4.53. The Morgan fingerprint density at radius 3 is 2.79 bits per heavy atom. The molecule has 0 unspecified atom stereocenters. The molecule has 0 aliphatic carbocycles. The number of benzene rings is 1. The fraction of sp³-hybridized carbons (Fsp3) is 0.333. The smallest absolute Gasteiger partial charge is 0.223 e. The zero-order valence-electron chi connectivity index (χ0n) is 16.4. The Bertz CT molecular complexity index is 951. The fourth-order valence-electron chi connectivity index (χ4n) is 3.53. The molecule has 1 saturated heterocycles. The molecule has 150 valence electrons. The molecular formula is C21H24N6O2. The third-order valence-electron chi connectivity index (χ3n) is 5.20. The molecule has 4 rings (SSSR count). The van der Waals surface area contributed by atoms with E-state index in [2.05, 4.69) is 25.2 Å². The first kappa shape index (κ1) is 18.9. The van der Waals surface area contributed by atoms with Gasteiger partial charge in [0.2, 0.25) is 5.91 Å². The van der Waals surface area contributed by atoms with E-state index >= 15 is 0 Å². The van der Waals surface area contributed by atoms with Gasteiger partial charge in [0.25, 0.3) is 0 Å². The second kappa shape index (κ2) is 8.72. The highest BCUT2D eigenvalue weighted by molar-refractivity contribution is 5.79. The van der Waals surface area contributed by atoms with Gasteiger partial charge in [0, 0.05) is 44.0 Å². The van der Waals surface area contributed by atoms with Crippen LogP contribution in [0, 0.1) is 5.92 Å². The van der Waals surface area contributed by atoms with Gasteiger partial charge in [-0.3, -0.25) is 9.36 Å². The molecule has 1 fully saturated rings. The van der Waals surface area contributed by atoms with E-state index in [1.165, 1.54) is 0 Å². The predicted molar refractivity (Wildman–Crippen MR) is 109 cm³/mol. The Morgan fingerprint density at radius 1 is 1.21 bits per heavy atom. The van der Waals surface area contributed by atoms with E-state index in [4.69, 9.17) is 4.74 Å². The van der Waals surface area contributed by atoms with Gasteiger partial charge in [0.1, 0.15) is 30.0 Å². The van der Waals surface area contributed by atoms with Crippen molar-refractivity contribution in [3.05, 3.63) is 60.9 Å². The number of carbonyl (C=O) groups is 1. The van der Waals surface area contributed by atoms with Gasteiger partial charge in [-0.1, -0.05) is 12.1 Å². The molecule has 1 aromatic carbocycles. The summed E-state index contributed by atoms with van der Waals surface area (Å²) >= 11 is 0. The first-order chi connectivity index (χ1) is 14.2. The first-order valence-electron chi connectivity index (χ1n) is 9.69. The monoisotopic (exact) mass is 392 g/mol.